The monoisotopic (exact) mass is 448 g/mol. The van der Waals surface area contributed by atoms with Crippen molar-refractivity contribution in [2.24, 2.45) is 5.10 Å². The molecule has 0 bridgehead atoms. The predicted molar refractivity (Wildman–Crippen MR) is 112 cm³/mol. The second-order valence-corrected chi connectivity index (χ2v) is 8.23. The molecule has 0 radical (unpaired) electrons. The first-order valence-electron chi connectivity index (χ1n) is 8.22. The van der Waals surface area contributed by atoms with E-state index in [1.807, 2.05) is 0 Å². The summed E-state index contributed by atoms with van der Waals surface area (Å²) in [4.78, 5) is 14.0. The second kappa shape index (κ2) is 9.09. The smallest absolute Gasteiger partial charge is 0.343 e. The van der Waals surface area contributed by atoms with Crippen LogP contribution in [0.4, 0.5) is 0 Å². The zero-order valence-electron chi connectivity index (χ0n) is 14.7. The maximum Gasteiger partial charge on any atom is 0.343 e. The summed E-state index contributed by atoms with van der Waals surface area (Å²) in [7, 11) is -3.88. The van der Waals surface area contributed by atoms with E-state index in [0.29, 0.717) is 16.9 Å². The van der Waals surface area contributed by atoms with E-state index in [9.17, 15) is 13.2 Å². The fraction of sp³-hybridized carbons (Fsp3) is 0. The van der Waals surface area contributed by atoms with Crippen LogP contribution in [-0.4, -0.2) is 20.6 Å². The lowest BCUT2D eigenvalue weighted by molar-refractivity contribution is 0.0734. The van der Waals surface area contributed by atoms with Gasteiger partial charge < -0.3 is 4.74 Å². The van der Waals surface area contributed by atoms with Crippen LogP contribution >= 0.6 is 23.2 Å². The molecule has 0 saturated heterocycles. The van der Waals surface area contributed by atoms with Crippen molar-refractivity contribution in [1.29, 1.82) is 0 Å². The Morgan fingerprint density at radius 3 is 2.28 bits per heavy atom. The van der Waals surface area contributed by atoms with E-state index < -0.39 is 16.0 Å². The molecule has 0 aliphatic heterocycles. The van der Waals surface area contributed by atoms with Crippen LogP contribution in [0.3, 0.4) is 0 Å². The van der Waals surface area contributed by atoms with Gasteiger partial charge in [-0.05, 0) is 60.2 Å². The summed E-state index contributed by atoms with van der Waals surface area (Å²) < 4.78 is 29.7. The Morgan fingerprint density at radius 2 is 1.62 bits per heavy atom. The molecule has 3 aromatic rings. The van der Waals surface area contributed by atoms with Crippen LogP contribution in [-0.2, 0) is 10.0 Å². The molecule has 0 amide bonds. The van der Waals surface area contributed by atoms with Gasteiger partial charge in [0.05, 0.1) is 26.7 Å². The Bertz CT molecular complexity index is 1150. The Kier molecular flexibility index (Phi) is 6.53. The molecule has 0 saturated carbocycles. The SMILES string of the molecule is O=C(Oc1ccc(/C=N/NS(=O)(=O)c2ccc(Cl)c(Cl)c2)cc1)c1ccccc1. The molecule has 0 spiro atoms. The number of sulfonamides is 1. The van der Waals surface area contributed by atoms with E-state index in [2.05, 4.69) is 9.93 Å². The molecule has 0 aliphatic rings. The van der Waals surface area contributed by atoms with Crippen molar-refractivity contribution < 1.29 is 17.9 Å². The highest BCUT2D eigenvalue weighted by Gasteiger charge is 2.14. The van der Waals surface area contributed by atoms with Crippen LogP contribution in [0, 0.1) is 0 Å². The van der Waals surface area contributed by atoms with Crippen LogP contribution in [0.5, 0.6) is 5.75 Å². The zero-order chi connectivity index (χ0) is 20.9. The van der Waals surface area contributed by atoms with Gasteiger partial charge in [0.1, 0.15) is 5.75 Å². The van der Waals surface area contributed by atoms with E-state index in [-0.39, 0.29) is 14.9 Å². The maximum atomic E-state index is 12.2. The van der Waals surface area contributed by atoms with Crippen molar-refractivity contribution in [3.8, 4) is 5.75 Å². The number of carbonyl (C=O) groups excluding carboxylic acids is 1. The zero-order valence-corrected chi connectivity index (χ0v) is 17.1. The number of hydrogen-bond donors (Lipinski definition) is 1. The van der Waals surface area contributed by atoms with Gasteiger partial charge in [0, 0.05) is 0 Å². The third kappa shape index (κ3) is 5.57. The largest absolute Gasteiger partial charge is 0.423 e. The number of hydrogen-bond acceptors (Lipinski definition) is 5. The van der Waals surface area contributed by atoms with Crippen molar-refractivity contribution in [3.05, 3.63) is 94.0 Å². The summed E-state index contributed by atoms with van der Waals surface area (Å²) in [5.74, 6) is -0.117. The second-order valence-electron chi connectivity index (χ2n) is 5.75. The Labute approximate surface area is 177 Å². The average Bonchev–Trinajstić information content (AvgIpc) is 2.72. The lowest BCUT2D eigenvalue weighted by atomic mass is 10.2. The van der Waals surface area contributed by atoms with Crippen molar-refractivity contribution in [2.75, 3.05) is 0 Å². The van der Waals surface area contributed by atoms with Gasteiger partial charge in [-0.1, -0.05) is 41.4 Å². The van der Waals surface area contributed by atoms with Crippen molar-refractivity contribution >= 4 is 45.4 Å². The van der Waals surface area contributed by atoms with Gasteiger partial charge in [-0.15, -0.1) is 0 Å². The lowest BCUT2D eigenvalue weighted by Crippen LogP contribution is -2.18. The summed E-state index contributed by atoms with van der Waals surface area (Å²) in [5.41, 5.74) is 1.04. The number of carbonyl (C=O) groups is 1. The predicted octanol–water partition coefficient (Wildman–Crippen LogP) is 4.53. The minimum absolute atomic E-state index is 0.0628. The summed E-state index contributed by atoms with van der Waals surface area (Å²) >= 11 is 11.6. The van der Waals surface area contributed by atoms with Crippen LogP contribution in [0.15, 0.2) is 82.8 Å². The van der Waals surface area contributed by atoms with E-state index in [1.165, 1.54) is 24.4 Å². The molecule has 29 heavy (non-hydrogen) atoms. The first-order valence-corrected chi connectivity index (χ1v) is 10.5. The molecule has 0 unspecified atom stereocenters. The van der Waals surface area contributed by atoms with Crippen LogP contribution in [0.25, 0.3) is 0 Å². The molecule has 9 heteroatoms. The number of rotatable bonds is 6. The highest BCUT2D eigenvalue weighted by molar-refractivity contribution is 7.89. The van der Waals surface area contributed by atoms with E-state index in [1.54, 1.807) is 54.6 Å². The number of halogens is 2. The van der Waals surface area contributed by atoms with E-state index in [0.717, 1.165) is 0 Å². The van der Waals surface area contributed by atoms with Crippen molar-refractivity contribution in [2.45, 2.75) is 4.90 Å². The lowest BCUT2D eigenvalue weighted by Gasteiger charge is -2.05. The quantitative estimate of drug-likeness (QED) is 0.260. The molecule has 0 fully saturated rings. The van der Waals surface area contributed by atoms with Crippen LogP contribution in [0.1, 0.15) is 15.9 Å². The van der Waals surface area contributed by atoms with Gasteiger partial charge in [0.15, 0.2) is 0 Å². The molecule has 6 nitrogen and oxygen atoms in total. The molecule has 3 rings (SSSR count). The molecule has 0 atom stereocenters. The van der Waals surface area contributed by atoms with E-state index >= 15 is 0 Å². The van der Waals surface area contributed by atoms with Gasteiger partial charge in [-0.25, -0.2) is 9.63 Å². The Hall–Kier alpha value is -2.87. The van der Waals surface area contributed by atoms with Crippen LogP contribution in [0.2, 0.25) is 10.0 Å². The highest BCUT2D eigenvalue weighted by atomic mass is 35.5. The summed E-state index contributed by atoms with van der Waals surface area (Å²) in [6, 6.07) is 19.0. The molecule has 148 valence electrons. The van der Waals surface area contributed by atoms with Crippen molar-refractivity contribution in [1.82, 2.24) is 4.83 Å². The standard InChI is InChI=1S/C20H14Cl2N2O4S/c21-18-11-10-17(12-19(18)22)29(26,27)24-23-13-14-6-8-16(9-7-14)28-20(25)15-4-2-1-3-5-15/h1-13,24H/b23-13+. The minimum Gasteiger partial charge on any atom is -0.423 e. The summed E-state index contributed by atoms with van der Waals surface area (Å²) in [6.07, 6.45) is 1.32. The first kappa shape index (κ1) is 20.9. The van der Waals surface area contributed by atoms with Gasteiger partial charge in [0.2, 0.25) is 0 Å². The minimum atomic E-state index is -3.88. The van der Waals surface area contributed by atoms with Gasteiger partial charge in [0.25, 0.3) is 10.0 Å². The number of hydrazone groups is 1. The molecular formula is C20H14Cl2N2O4S. The first-order chi connectivity index (χ1) is 13.8. The number of benzene rings is 3. The summed E-state index contributed by atoms with van der Waals surface area (Å²) in [5, 5.41) is 4.11. The van der Waals surface area contributed by atoms with Crippen molar-refractivity contribution in [3.63, 3.8) is 0 Å². The van der Waals surface area contributed by atoms with Crippen LogP contribution < -0.4 is 9.57 Å². The topological polar surface area (TPSA) is 84.8 Å². The molecule has 0 aliphatic carbocycles. The number of ether oxygens (including phenoxy) is 1. The van der Waals surface area contributed by atoms with E-state index in [4.69, 9.17) is 27.9 Å². The average molecular weight is 449 g/mol. The van der Waals surface area contributed by atoms with Gasteiger partial charge in [-0.3, -0.25) is 0 Å². The third-order valence-electron chi connectivity index (χ3n) is 3.69. The molecular weight excluding hydrogens is 435 g/mol. The number of nitrogens with zero attached hydrogens (tertiary/aromatic N) is 1. The number of esters is 1. The highest BCUT2D eigenvalue weighted by Crippen LogP contribution is 2.24. The fourth-order valence-corrected chi connectivity index (χ4v) is 3.41. The Balaban J connectivity index is 1.62. The molecule has 0 heterocycles. The Morgan fingerprint density at radius 1 is 0.931 bits per heavy atom. The van der Waals surface area contributed by atoms with Gasteiger partial charge >= 0.3 is 5.97 Å². The normalized spacial score (nSPS) is 11.4. The number of nitrogens with one attached hydrogen (secondary N) is 1. The fourth-order valence-electron chi connectivity index (χ4n) is 2.23. The summed E-state index contributed by atoms with van der Waals surface area (Å²) in [6.45, 7) is 0. The molecule has 1 N–H and O–H groups in total. The van der Waals surface area contributed by atoms with Gasteiger partial charge in [-0.2, -0.15) is 13.5 Å². The molecule has 0 aromatic heterocycles. The maximum absolute atomic E-state index is 12.2. The molecule has 3 aromatic carbocycles. The third-order valence-corrected chi connectivity index (χ3v) is 5.65.